The van der Waals surface area contributed by atoms with Gasteiger partial charge in [0.1, 0.15) is 6.33 Å². The van der Waals surface area contributed by atoms with Gasteiger partial charge >= 0.3 is 0 Å². The first-order valence-corrected chi connectivity index (χ1v) is 3.03. The van der Waals surface area contributed by atoms with Crippen molar-refractivity contribution in [2.24, 2.45) is 0 Å². The van der Waals surface area contributed by atoms with E-state index in [-0.39, 0.29) is 6.47 Å². The minimum absolute atomic E-state index is 0.250. The molecule has 0 fully saturated rings. The van der Waals surface area contributed by atoms with Gasteiger partial charge in [-0.05, 0) is 19.9 Å². The molecule has 0 aliphatic carbocycles. The van der Waals surface area contributed by atoms with Gasteiger partial charge < -0.3 is 5.11 Å². The minimum Gasteiger partial charge on any atom is -0.483 e. The average Bonchev–Trinajstić information content (AvgIpc) is 1.88. The first-order chi connectivity index (χ1) is 5.20. The molecule has 1 rings (SSSR count). The van der Waals surface area contributed by atoms with E-state index in [0.29, 0.717) is 0 Å². The molecule has 11 heavy (non-hydrogen) atoms. The lowest BCUT2D eigenvalue weighted by molar-refractivity contribution is -0.122. The summed E-state index contributed by atoms with van der Waals surface area (Å²) in [5, 5.41) is 6.89. The molecule has 0 unspecified atom stereocenters. The molecular formula is C7H10N2O2. The molecular weight excluding hydrogens is 144 g/mol. The van der Waals surface area contributed by atoms with Gasteiger partial charge in [-0.15, -0.1) is 0 Å². The van der Waals surface area contributed by atoms with Gasteiger partial charge in [0.15, 0.2) is 0 Å². The van der Waals surface area contributed by atoms with E-state index in [4.69, 9.17) is 9.90 Å². The van der Waals surface area contributed by atoms with E-state index in [2.05, 4.69) is 9.97 Å². The zero-order chi connectivity index (χ0) is 8.69. The van der Waals surface area contributed by atoms with Gasteiger partial charge in [-0.2, -0.15) is 0 Å². The zero-order valence-corrected chi connectivity index (χ0v) is 6.48. The van der Waals surface area contributed by atoms with E-state index in [1.165, 1.54) is 0 Å². The van der Waals surface area contributed by atoms with Crippen molar-refractivity contribution < 1.29 is 9.90 Å². The van der Waals surface area contributed by atoms with Crippen LogP contribution in [0.25, 0.3) is 0 Å². The maximum absolute atomic E-state index is 8.36. The molecule has 0 aliphatic heterocycles. The molecule has 0 spiro atoms. The van der Waals surface area contributed by atoms with Crippen LogP contribution in [0.1, 0.15) is 11.4 Å². The topological polar surface area (TPSA) is 63.1 Å². The Labute approximate surface area is 64.9 Å². The minimum atomic E-state index is -0.250. The normalized spacial score (nSPS) is 7.82. The van der Waals surface area contributed by atoms with Crippen molar-refractivity contribution >= 4 is 6.47 Å². The third-order valence-electron chi connectivity index (χ3n) is 0.941. The Kier molecular flexibility index (Phi) is 4.64. The molecule has 0 saturated heterocycles. The van der Waals surface area contributed by atoms with Crippen LogP contribution in [0, 0.1) is 13.8 Å². The highest BCUT2D eigenvalue weighted by atomic mass is 16.3. The SMILES string of the molecule is Cc1cc(C)ncn1.O=CO. The molecule has 60 valence electrons. The average molecular weight is 154 g/mol. The number of aromatic nitrogens is 2. The van der Waals surface area contributed by atoms with E-state index in [0.717, 1.165) is 11.4 Å². The summed E-state index contributed by atoms with van der Waals surface area (Å²) in [5.41, 5.74) is 2.05. The maximum atomic E-state index is 8.36. The van der Waals surface area contributed by atoms with Crippen LogP contribution in [0.2, 0.25) is 0 Å². The van der Waals surface area contributed by atoms with Gasteiger partial charge in [-0.3, -0.25) is 4.79 Å². The highest BCUT2D eigenvalue weighted by Gasteiger charge is 1.83. The predicted molar refractivity (Wildman–Crippen MR) is 40.2 cm³/mol. The first kappa shape index (κ1) is 9.55. The second-order valence-electron chi connectivity index (χ2n) is 1.91. The summed E-state index contributed by atoms with van der Waals surface area (Å²) in [6.07, 6.45) is 1.57. The van der Waals surface area contributed by atoms with Crippen molar-refractivity contribution in [2.45, 2.75) is 13.8 Å². The summed E-state index contributed by atoms with van der Waals surface area (Å²) in [5.74, 6) is 0. The molecule has 4 nitrogen and oxygen atoms in total. The Bertz CT molecular complexity index is 208. The van der Waals surface area contributed by atoms with Gasteiger partial charge in [-0.1, -0.05) is 0 Å². The molecule has 1 aromatic heterocycles. The third kappa shape index (κ3) is 5.02. The van der Waals surface area contributed by atoms with Crippen molar-refractivity contribution in [3.05, 3.63) is 23.8 Å². The largest absolute Gasteiger partial charge is 0.483 e. The summed E-state index contributed by atoms with van der Waals surface area (Å²) in [7, 11) is 0. The van der Waals surface area contributed by atoms with E-state index >= 15 is 0 Å². The van der Waals surface area contributed by atoms with E-state index in [9.17, 15) is 0 Å². The lowest BCUT2D eigenvalue weighted by atomic mass is 10.4. The Balaban J connectivity index is 0.000000292. The second-order valence-corrected chi connectivity index (χ2v) is 1.91. The highest BCUT2D eigenvalue weighted by Crippen LogP contribution is 1.91. The molecule has 0 atom stereocenters. The lowest BCUT2D eigenvalue weighted by Gasteiger charge is -1.89. The molecule has 4 heteroatoms. The lowest BCUT2D eigenvalue weighted by Crippen LogP contribution is -1.84. The van der Waals surface area contributed by atoms with Crippen molar-refractivity contribution in [1.29, 1.82) is 0 Å². The summed E-state index contributed by atoms with van der Waals surface area (Å²) in [6, 6.07) is 1.94. The fraction of sp³-hybridized carbons (Fsp3) is 0.286. The van der Waals surface area contributed by atoms with Crippen LogP contribution >= 0.6 is 0 Å². The highest BCUT2D eigenvalue weighted by molar-refractivity contribution is 5.32. The van der Waals surface area contributed by atoms with Crippen LogP contribution in [0.4, 0.5) is 0 Å². The number of nitrogens with zero attached hydrogens (tertiary/aromatic N) is 2. The van der Waals surface area contributed by atoms with Crippen LogP contribution in [-0.2, 0) is 4.79 Å². The summed E-state index contributed by atoms with van der Waals surface area (Å²) in [6.45, 7) is 3.66. The second kappa shape index (κ2) is 5.34. The Morgan fingerprint density at radius 3 is 1.91 bits per heavy atom. The summed E-state index contributed by atoms with van der Waals surface area (Å²) in [4.78, 5) is 16.2. The molecule has 0 amide bonds. The van der Waals surface area contributed by atoms with E-state index in [1.807, 2.05) is 19.9 Å². The maximum Gasteiger partial charge on any atom is 0.290 e. The third-order valence-corrected chi connectivity index (χ3v) is 0.941. The van der Waals surface area contributed by atoms with Crippen LogP contribution < -0.4 is 0 Å². The van der Waals surface area contributed by atoms with Crippen molar-refractivity contribution in [3.63, 3.8) is 0 Å². The number of carbonyl (C=O) groups is 1. The van der Waals surface area contributed by atoms with E-state index < -0.39 is 0 Å². The van der Waals surface area contributed by atoms with Gasteiger partial charge in [-0.25, -0.2) is 9.97 Å². The van der Waals surface area contributed by atoms with E-state index in [1.54, 1.807) is 6.33 Å². The molecule has 1 aromatic rings. The Morgan fingerprint density at radius 2 is 1.73 bits per heavy atom. The van der Waals surface area contributed by atoms with Crippen LogP contribution in [0.3, 0.4) is 0 Å². The zero-order valence-electron chi connectivity index (χ0n) is 6.48. The van der Waals surface area contributed by atoms with Crippen molar-refractivity contribution in [3.8, 4) is 0 Å². The number of aryl methyl sites for hydroxylation is 2. The summed E-state index contributed by atoms with van der Waals surface area (Å²) >= 11 is 0. The Morgan fingerprint density at radius 1 is 1.36 bits per heavy atom. The van der Waals surface area contributed by atoms with Gasteiger partial charge in [0.05, 0.1) is 0 Å². The summed E-state index contributed by atoms with van der Waals surface area (Å²) < 4.78 is 0. The molecule has 1 N–H and O–H groups in total. The monoisotopic (exact) mass is 154 g/mol. The molecule has 0 saturated carbocycles. The Hall–Kier alpha value is -1.45. The predicted octanol–water partition coefficient (Wildman–Crippen LogP) is 0.794. The number of hydrogen-bond donors (Lipinski definition) is 1. The fourth-order valence-corrected chi connectivity index (χ4v) is 0.588. The molecule has 0 aliphatic rings. The number of rotatable bonds is 0. The van der Waals surface area contributed by atoms with Crippen molar-refractivity contribution in [1.82, 2.24) is 9.97 Å². The quantitative estimate of drug-likeness (QED) is 0.561. The fourth-order valence-electron chi connectivity index (χ4n) is 0.588. The smallest absolute Gasteiger partial charge is 0.290 e. The molecule has 1 heterocycles. The van der Waals surface area contributed by atoms with Crippen LogP contribution in [0.5, 0.6) is 0 Å². The molecule has 0 aromatic carbocycles. The molecule has 0 bridgehead atoms. The van der Waals surface area contributed by atoms with Crippen molar-refractivity contribution in [2.75, 3.05) is 0 Å². The van der Waals surface area contributed by atoms with Gasteiger partial charge in [0.2, 0.25) is 0 Å². The van der Waals surface area contributed by atoms with Gasteiger partial charge in [0, 0.05) is 11.4 Å². The number of carboxylic acid groups (broad SMARTS) is 1. The van der Waals surface area contributed by atoms with Crippen LogP contribution in [-0.4, -0.2) is 21.5 Å². The van der Waals surface area contributed by atoms with Gasteiger partial charge in [0.25, 0.3) is 6.47 Å². The molecule has 0 radical (unpaired) electrons. The standard InChI is InChI=1S/C6H8N2.CH2O2/c1-5-3-6(2)8-4-7-5;2-1-3/h3-4H,1-2H3;1H,(H,2,3). The van der Waals surface area contributed by atoms with Crippen LogP contribution in [0.15, 0.2) is 12.4 Å². The first-order valence-electron chi connectivity index (χ1n) is 3.03. The number of hydrogen-bond acceptors (Lipinski definition) is 3.